The van der Waals surface area contributed by atoms with E-state index in [0.717, 1.165) is 17.1 Å². The topological polar surface area (TPSA) is 50.9 Å². The number of nitrogens with zero attached hydrogens (tertiary/aromatic N) is 1. The second kappa shape index (κ2) is 6.83. The largest absolute Gasteiger partial charge is 0.271 e. The van der Waals surface area contributed by atoms with Gasteiger partial charge in [-0.1, -0.05) is 13.8 Å². The zero-order chi connectivity index (χ0) is 12.0. The maximum Gasteiger partial charge on any atom is 0.141 e. The van der Waals surface area contributed by atoms with Crippen LogP contribution >= 0.6 is 11.8 Å². The molecule has 1 atom stereocenters. The van der Waals surface area contributed by atoms with Crippen molar-refractivity contribution in [2.45, 2.75) is 19.9 Å². The fourth-order valence-corrected chi connectivity index (χ4v) is 2.41. The van der Waals surface area contributed by atoms with Crippen LogP contribution in [0.5, 0.6) is 0 Å². The van der Waals surface area contributed by atoms with Crippen LogP contribution in [-0.2, 0) is 0 Å². The highest BCUT2D eigenvalue weighted by Gasteiger charge is 2.11. The number of hydrogen-bond donors (Lipinski definition) is 2. The van der Waals surface area contributed by atoms with Gasteiger partial charge in [-0.3, -0.25) is 16.3 Å². The summed E-state index contributed by atoms with van der Waals surface area (Å²) in [5, 5.41) is 0. The fourth-order valence-electron chi connectivity index (χ4n) is 1.28. The van der Waals surface area contributed by atoms with E-state index in [0.29, 0.717) is 5.92 Å². The van der Waals surface area contributed by atoms with Gasteiger partial charge in [0.05, 0.1) is 12.2 Å². The molecule has 0 bridgehead atoms. The molecule has 1 unspecified atom stereocenters. The van der Waals surface area contributed by atoms with Crippen molar-refractivity contribution in [3.63, 3.8) is 0 Å². The molecule has 1 aromatic heterocycles. The van der Waals surface area contributed by atoms with E-state index in [9.17, 15) is 4.39 Å². The summed E-state index contributed by atoms with van der Waals surface area (Å²) < 4.78 is 13.0. The minimum atomic E-state index is -0.327. The Hall–Kier alpha value is -0.650. The highest BCUT2D eigenvalue weighted by molar-refractivity contribution is 7.99. The number of thioether (sulfide) groups is 1. The first-order valence-corrected chi connectivity index (χ1v) is 6.43. The maximum atomic E-state index is 13.0. The minimum Gasteiger partial charge on any atom is -0.271 e. The van der Waals surface area contributed by atoms with Crippen molar-refractivity contribution >= 4 is 11.8 Å². The predicted octanol–water partition coefficient (Wildman–Crippen LogP) is 2.11. The molecule has 90 valence electrons. The van der Waals surface area contributed by atoms with Crippen LogP contribution in [-0.4, -0.2) is 16.5 Å². The van der Waals surface area contributed by atoms with Gasteiger partial charge in [-0.25, -0.2) is 4.39 Å². The molecule has 0 aliphatic heterocycles. The third-order valence-electron chi connectivity index (χ3n) is 2.07. The number of pyridine rings is 1. The lowest BCUT2D eigenvalue weighted by atomic mass is 10.1. The smallest absolute Gasteiger partial charge is 0.141 e. The van der Waals surface area contributed by atoms with Crippen LogP contribution in [0.1, 0.15) is 25.5 Å². The van der Waals surface area contributed by atoms with Gasteiger partial charge in [0, 0.05) is 11.9 Å². The Morgan fingerprint density at radius 3 is 2.75 bits per heavy atom. The minimum absolute atomic E-state index is 0.0491. The monoisotopic (exact) mass is 243 g/mol. The molecule has 1 heterocycles. The Balaban J connectivity index is 2.53. The summed E-state index contributed by atoms with van der Waals surface area (Å²) in [7, 11) is 0. The summed E-state index contributed by atoms with van der Waals surface area (Å²) in [5.74, 6) is 7.67. The van der Waals surface area contributed by atoms with Crippen LogP contribution in [0.2, 0.25) is 0 Å². The lowest BCUT2D eigenvalue weighted by molar-refractivity contribution is 0.584. The average Bonchev–Trinajstić information content (AvgIpc) is 2.24. The van der Waals surface area contributed by atoms with Gasteiger partial charge in [-0.05, 0) is 23.3 Å². The van der Waals surface area contributed by atoms with Crippen LogP contribution in [0.25, 0.3) is 0 Å². The summed E-state index contributed by atoms with van der Waals surface area (Å²) in [6, 6.07) is 1.42. The van der Waals surface area contributed by atoms with E-state index in [2.05, 4.69) is 24.3 Å². The Bertz CT molecular complexity index is 320. The first-order chi connectivity index (χ1) is 7.63. The van der Waals surface area contributed by atoms with Crippen LogP contribution in [0, 0.1) is 11.7 Å². The van der Waals surface area contributed by atoms with Gasteiger partial charge in [-0.2, -0.15) is 11.8 Å². The Morgan fingerprint density at radius 1 is 1.44 bits per heavy atom. The Morgan fingerprint density at radius 2 is 2.19 bits per heavy atom. The first kappa shape index (κ1) is 13.4. The molecule has 0 saturated heterocycles. The molecule has 1 rings (SSSR count). The van der Waals surface area contributed by atoms with Gasteiger partial charge in [0.15, 0.2) is 0 Å². The third kappa shape index (κ3) is 4.47. The average molecular weight is 243 g/mol. The molecule has 0 fully saturated rings. The molecule has 0 aliphatic carbocycles. The first-order valence-electron chi connectivity index (χ1n) is 5.27. The van der Waals surface area contributed by atoms with Crippen molar-refractivity contribution < 1.29 is 4.39 Å². The summed E-state index contributed by atoms with van der Waals surface area (Å²) in [6.07, 6.45) is 2.84. The van der Waals surface area contributed by atoms with Crippen molar-refractivity contribution in [3.05, 3.63) is 29.8 Å². The maximum absolute atomic E-state index is 13.0. The van der Waals surface area contributed by atoms with Crippen molar-refractivity contribution in [1.29, 1.82) is 0 Å². The number of rotatable bonds is 6. The molecule has 0 saturated carbocycles. The highest BCUT2D eigenvalue weighted by atomic mass is 32.2. The zero-order valence-corrected chi connectivity index (χ0v) is 10.4. The molecule has 0 aromatic carbocycles. The van der Waals surface area contributed by atoms with Crippen molar-refractivity contribution in [1.82, 2.24) is 10.4 Å². The number of aromatic nitrogens is 1. The van der Waals surface area contributed by atoms with E-state index >= 15 is 0 Å². The lowest BCUT2D eigenvalue weighted by Gasteiger charge is -2.16. The van der Waals surface area contributed by atoms with Crippen LogP contribution in [0.3, 0.4) is 0 Å². The lowest BCUT2D eigenvalue weighted by Crippen LogP contribution is -2.30. The molecule has 16 heavy (non-hydrogen) atoms. The van der Waals surface area contributed by atoms with E-state index < -0.39 is 0 Å². The van der Waals surface area contributed by atoms with Gasteiger partial charge in [0.2, 0.25) is 0 Å². The Kier molecular flexibility index (Phi) is 5.73. The fraction of sp³-hybridized carbons (Fsp3) is 0.545. The van der Waals surface area contributed by atoms with Gasteiger partial charge >= 0.3 is 0 Å². The van der Waals surface area contributed by atoms with Gasteiger partial charge in [-0.15, -0.1) is 0 Å². The van der Waals surface area contributed by atoms with Gasteiger partial charge in [0.1, 0.15) is 5.82 Å². The third-order valence-corrected chi connectivity index (χ3v) is 3.54. The summed E-state index contributed by atoms with van der Waals surface area (Å²) >= 11 is 1.80. The van der Waals surface area contributed by atoms with E-state index in [1.54, 1.807) is 18.0 Å². The number of hydrogen-bond acceptors (Lipinski definition) is 4. The quantitative estimate of drug-likeness (QED) is 0.593. The van der Waals surface area contributed by atoms with Crippen molar-refractivity contribution in [3.8, 4) is 0 Å². The number of nitrogens with two attached hydrogens (primary N) is 1. The van der Waals surface area contributed by atoms with Crippen LogP contribution < -0.4 is 11.3 Å². The molecule has 0 spiro atoms. The number of hydrazine groups is 1. The molecular weight excluding hydrogens is 225 g/mol. The molecule has 0 amide bonds. The van der Waals surface area contributed by atoms with E-state index in [4.69, 9.17) is 5.84 Å². The van der Waals surface area contributed by atoms with Crippen molar-refractivity contribution in [2.75, 3.05) is 11.5 Å². The number of nitrogens with one attached hydrogen (secondary N) is 1. The second-order valence-corrected chi connectivity index (χ2v) is 5.16. The van der Waals surface area contributed by atoms with Crippen molar-refractivity contribution in [2.24, 2.45) is 11.8 Å². The highest BCUT2D eigenvalue weighted by Crippen LogP contribution is 2.19. The molecule has 5 heteroatoms. The summed E-state index contributed by atoms with van der Waals surface area (Å²) in [5.41, 5.74) is 3.48. The summed E-state index contributed by atoms with van der Waals surface area (Å²) in [6.45, 7) is 4.34. The Labute approximate surface area is 100.0 Å². The number of halogens is 1. The molecule has 0 radical (unpaired) electrons. The molecule has 0 aliphatic rings. The molecule has 1 aromatic rings. The second-order valence-electron chi connectivity index (χ2n) is 4.09. The van der Waals surface area contributed by atoms with Gasteiger partial charge in [0.25, 0.3) is 0 Å². The van der Waals surface area contributed by atoms with Crippen LogP contribution in [0.15, 0.2) is 18.5 Å². The van der Waals surface area contributed by atoms with Crippen LogP contribution in [0.4, 0.5) is 4.39 Å². The molecule has 3 N–H and O–H groups in total. The normalized spacial score (nSPS) is 13.1. The molecular formula is C11H18FN3S. The van der Waals surface area contributed by atoms with E-state index in [1.165, 1.54) is 12.3 Å². The van der Waals surface area contributed by atoms with E-state index in [-0.39, 0.29) is 11.9 Å². The van der Waals surface area contributed by atoms with Gasteiger partial charge < -0.3 is 0 Å². The molecule has 3 nitrogen and oxygen atoms in total. The predicted molar refractivity (Wildman–Crippen MR) is 66.4 cm³/mol. The zero-order valence-electron chi connectivity index (χ0n) is 9.61. The summed E-state index contributed by atoms with van der Waals surface area (Å²) in [4.78, 5) is 3.82. The SMILES string of the molecule is CC(C)CSCC(NN)c1cncc(F)c1. The van der Waals surface area contributed by atoms with E-state index in [1.807, 2.05) is 0 Å². The standard InChI is InChI=1S/C11H18FN3S/c1-8(2)6-16-7-11(15-13)9-3-10(12)5-14-4-9/h3-5,8,11,15H,6-7,13H2,1-2H3.